The zero-order valence-corrected chi connectivity index (χ0v) is 19.4. The van der Waals surface area contributed by atoms with Crippen molar-refractivity contribution >= 4 is 0 Å². The van der Waals surface area contributed by atoms with E-state index in [4.69, 9.17) is 0 Å². The van der Waals surface area contributed by atoms with Crippen molar-refractivity contribution in [1.82, 2.24) is 9.80 Å². The van der Waals surface area contributed by atoms with Crippen molar-refractivity contribution < 1.29 is 0 Å². The van der Waals surface area contributed by atoms with Crippen LogP contribution in [-0.2, 0) is 0 Å². The van der Waals surface area contributed by atoms with E-state index < -0.39 is 0 Å². The molecule has 2 nitrogen and oxygen atoms in total. The van der Waals surface area contributed by atoms with Crippen LogP contribution in [-0.4, -0.2) is 9.80 Å². The van der Waals surface area contributed by atoms with Crippen molar-refractivity contribution in [2.75, 3.05) is 0 Å². The summed E-state index contributed by atoms with van der Waals surface area (Å²) in [7, 11) is 0. The number of nitrogens with zero attached hydrogens (tertiary/aromatic N) is 2. The van der Waals surface area contributed by atoms with E-state index in [1.54, 1.807) is 0 Å². The summed E-state index contributed by atoms with van der Waals surface area (Å²) >= 11 is 0. The first-order chi connectivity index (χ1) is 13.5. The molecule has 2 atom stereocenters. The molecule has 0 bridgehead atoms. The molecule has 0 aromatic heterocycles. The van der Waals surface area contributed by atoms with E-state index in [1.165, 1.54) is 22.3 Å². The van der Waals surface area contributed by atoms with Crippen LogP contribution in [0, 0.1) is 31.3 Å². The monoisotopic (exact) mass is 389 g/mol. The van der Waals surface area contributed by atoms with Gasteiger partial charge in [0.05, 0.1) is 12.1 Å². The fourth-order valence-corrected chi connectivity index (χ4v) is 4.63. The third-order valence-electron chi connectivity index (χ3n) is 5.88. The fourth-order valence-electron chi connectivity index (χ4n) is 4.63. The van der Waals surface area contributed by atoms with E-state index in [-0.39, 0.29) is 22.9 Å². The van der Waals surface area contributed by atoms with Gasteiger partial charge >= 0.3 is 0 Å². The summed E-state index contributed by atoms with van der Waals surface area (Å²) in [5.41, 5.74) is 5.68. The lowest BCUT2D eigenvalue weighted by atomic mass is 9.79. The highest BCUT2D eigenvalue weighted by Gasteiger charge is 2.38. The highest BCUT2D eigenvalue weighted by atomic mass is 15.4. The second-order valence-electron chi connectivity index (χ2n) is 10.6. The average Bonchev–Trinajstić information content (AvgIpc) is 3.05. The van der Waals surface area contributed by atoms with Crippen molar-refractivity contribution in [3.05, 3.63) is 89.9 Å². The quantitative estimate of drug-likeness (QED) is 0.538. The summed E-state index contributed by atoms with van der Waals surface area (Å²) in [6.45, 7) is 20.7. The van der Waals surface area contributed by atoms with Gasteiger partial charge in [0.1, 0.15) is 6.67 Å². The van der Waals surface area contributed by atoms with Crippen LogP contribution in [0.2, 0.25) is 0 Å². The lowest BCUT2D eigenvalue weighted by Crippen LogP contribution is -2.37. The van der Waals surface area contributed by atoms with Gasteiger partial charge in [-0.3, -0.25) is 0 Å². The SMILES string of the molecule is Cc1ccccc1[C@@H](N1[CH]N([C@H](c2ccccc2C)C(C)(C)C)C=C1)C(C)(C)C. The standard InChI is InChI=1S/C27H37N2/c1-20-13-9-11-15-22(20)24(26(3,4)5)28-17-18-29(19-28)25(27(6,7)8)23-16-12-10-14-21(23)2/h9-19,24-25H,1-8H3/t24-,25-/m1/s1. The molecule has 0 amide bonds. The summed E-state index contributed by atoms with van der Waals surface area (Å²) in [5, 5.41) is 0. The minimum Gasteiger partial charge on any atom is -0.345 e. The molecule has 1 heterocycles. The van der Waals surface area contributed by atoms with Crippen LogP contribution in [0.4, 0.5) is 0 Å². The van der Waals surface area contributed by atoms with Crippen LogP contribution in [0.15, 0.2) is 60.9 Å². The molecule has 1 aliphatic rings. The van der Waals surface area contributed by atoms with Crippen LogP contribution >= 0.6 is 0 Å². The number of rotatable bonds is 4. The van der Waals surface area contributed by atoms with Crippen LogP contribution in [0.1, 0.15) is 75.9 Å². The minimum absolute atomic E-state index is 0.100. The maximum atomic E-state index is 2.40. The Balaban J connectivity index is 1.95. The second kappa shape index (κ2) is 7.89. The summed E-state index contributed by atoms with van der Waals surface area (Å²) in [5.74, 6) is 0. The van der Waals surface area contributed by atoms with E-state index >= 15 is 0 Å². The molecule has 0 N–H and O–H groups in total. The van der Waals surface area contributed by atoms with Crippen molar-refractivity contribution in [3.8, 4) is 0 Å². The largest absolute Gasteiger partial charge is 0.345 e. The van der Waals surface area contributed by atoms with Crippen molar-refractivity contribution in [1.29, 1.82) is 0 Å². The van der Waals surface area contributed by atoms with E-state index in [0.717, 1.165) is 0 Å². The number of benzene rings is 2. The molecular weight excluding hydrogens is 352 g/mol. The fraction of sp³-hybridized carbons (Fsp3) is 0.444. The van der Waals surface area contributed by atoms with E-state index in [1.807, 2.05) is 0 Å². The Morgan fingerprint density at radius 1 is 0.586 bits per heavy atom. The molecule has 0 aliphatic carbocycles. The Morgan fingerprint density at radius 2 is 0.931 bits per heavy atom. The Labute approximate surface area is 178 Å². The van der Waals surface area contributed by atoms with Gasteiger partial charge in [-0.25, -0.2) is 0 Å². The van der Waals surface area contributed by atoms with Gasteiger partial charge < -0.3 is 9.80 Å². The van der Waals surface area contributed by atoms with Gasteiger partial charge in [0.25, 0.3) is 0 Å². The lowest BCUT2D eigenvalue weighted by Gasteiger charge is -2.43. The first-order valence-corrected chi connectivity index (χ1v) is 10.7. The third-order valence-corrected chi connectivity index (χ3v) is 5.88. The van der Waals surface area contributed by atoms with E-state index in [2.05, 4.69) is 133 Å². The smallest absolute Gasteiger partial charge is 0.142 e. The molecule has 1 aliphatic heterocycles. The summed E-state index contributed by atoms with van der Waals surface area (Å²) in [6, 6.07) is 18.1. The topological polar surface area (TPSA) is 6.48 Å². The van der Waals surface area contributed by atoms with Gasteiger partial charge in [0.15, 0.2) is 0 Å². The molecular formula is C27H37N2. The molecule has 0 fully saturated rings. The molecule has 155 valence electrons. The van der Waals surface area contributed by atoms with Gasteiger partial charge in [-0.1, -0.05) is 90.1 Å². The number of aryl methyl sites for hydroxylation is 2. The molecule has 0 spiro atoms. The Bertz CT molecular complexity index is 795. The molecule has 29 heavy (non-hydrogen) atoms. The van der Waals surface area contributed by atoms with Crippen molar-refractivity contribution in [3.63, 3.8) is 0 Å². The van der Waals surface area contributed by atoms with Crippen molar-refractivity contribution in [2.24, 2.45) is 10.8 Å². The predicted octanol–water partition coefficient (Wildman–Crippen LogP) is 7.39. The molecule has 1 radical (unpaired) electrons. The Morgan fingerprint density at radius 3 is 1.24 bits per heavy atom. The predicted molar refractivity (Wildman–Crippen MR) is 124 cm³/mol. The van der Waals surface area contributed by atoms with Gasteiger partial charge in [0.2, 0.25) is 0 Å². The summed E-state index contributed by atoms with van der Waals surface area (Å²) in [6.07, 6.45) is 4.50. The van der Waals surface area contributed by atoms with Gasteiger partial charge in [-0.2, -0.15) is 0 Å². The average molecular weight is 390 g/mol. The maximum Gasteiger partial charge on any atom is 0.142 e. The van der Waals surface area contributed by atoms with E-state index in [0.29, 0.717) is 0 Å². The van der Waals surface area contributed by atoms with Gasteiger partial charge in [0, 0.05) is 12.4 Å². The normalized spacial score (nSPS) is 17.0. The third kappa shape index (κ3) is 4.52. The Hall–Kier alpha value is -2.22. The molecule has 2 aromatic carbocycles. The highest BCUT2D eigenvalue weighted by Crippen LogP contribution is 2.46. The summed E-state index contributed by atoms with van der Waals surface area (Å²) in [4.78, 5) is 4.80. The molecule has 0 saturated carbocycles. The number of hydrogen-bond donors (Lipinski definition) is 0. The first kappa shape index (κ1) is 21.5. The van der Waals surface area contributed by atoms with Gasteiger partial charge in [-0.05, 0) is 46.9 Å². The van der Waals surface area contributed by atoms with Crippen LogP contribution in [0.3, 0.4) is 0 Å². The molecule has 3 rings (SSSR count). The lowest BCUT2D eigenvalue weighted by molar-refractivity contribution is 0.115. The number of hydrogen-bond acceptors (Lipinski definition) is 2. The minimum atomic E-state index is 0.100. The second-order valence-corrected chi connectivity index (χ2v) is 10.6. The molecule has 2 aromatic rings. The summed E-state index contributed by atoms with van der Waals surface area (Å²) < 4.78 is 0. The molecule has 0 saturated heterocycles. The first-order valence-electron chi connectivity index (χ1n) is 10.7. The zero-order valence-electron chi connectivity index (χ0n) is 19.4. The van der Waals surface area contributed by atoms with Crippen LogP contribution in [0.25, 0.3) is 0 Å². The van der Waals surface area contributed by atoms with Crippen molar-refractivity contribution in [2.45, 2.75) is 67.5 Å². The molecule has 0 unspecified atom stereocenters. The van der Waals surface area contributed by atoms with Crippen LogP contribution < -0.4 is 0 Å². The zero-order chi connectivity index (χ0) is 21.4. The van der Waals surface area contributed by atoms with E-state index in [9.17, 15) is 0 Å². The van der Waals surface area contributed by atoms with Gasteiger partial charge in [-0.15, -0.1) is 0 Å². The highest BCUT2D eigenvalue weighted by molar-refractivity contribution is 5.33. The Kier molecular flexibility index (Phi) is 5.85. The maximum absolute atomic E-state index is 2.40. The van der Waals surface area contributed by atoms with Crippen LogP contribution in [0.5, 0.6) is 0 Å². The molecule has 2 heteroatoms.